The summed E-state index contributed by atoms with van der Waals surface area (Å²) in [7, 11) is -8.55. The van der Waals surface area contributed by atoms with E-state index in [0.29, 0.717) is 10.0 Å². The topological polar surface area (TPSA) is 113 Å². The predicted octanol–water partition coefficient (Wildman–Crippen LogP) is 3.29. The molecular weight excluding hydrogens is 525 g/mol. The highest BCUT2D eigenvalue weighted by molar-refractivity contribution is 9.10. The normalized spacial score (nSPS) is 22.1. The first-order valence-electron chi connectivity index (χ1n) is 8.83. The summed E-state index contributed by atoms with van der Waals surface area (Å²) in [6, 6.07) is 8.52. The van der Waals surface area contributed by atoms with Crippen LogP contribution in [0.25, 0.3) is 0 Å². The zero-order valence-electron chi connectivity index (χ0n) is 15.9. The SMILES string of the molecule is Cc1cccc(S(=O)(=O)Nc2cc(Br)ccc2S(=O)(=O)NC2CC(O)(C(F)(F)F)C2)c1. The molecule has 0 atom stereocenters. The third-order valence-electron chi connectivity index (χ3n) is 4.79. The molecule has 1 saturated carbocycles. The van der Waals surface area contributed by atoms with Gasteiger partial charge in [-0.05, 0) is 42.8 Å². The Labute approximate surface area is 185 Å². The zero-order valence-corrected chi connectivity index (χ0v) is 19.2. The minimum Gasteiger partial charge on any atom is -0.380 e. The van der Waals surface area contributed by atoms with Gasteiger partial charge in [-0.1, -0.05) is 28.1 Å². The van der Waals surface area contributed by atoms with Gasteiger partial charge in [0.25, 0.3) is 10.0 Å². The molecule has 1 fully saturated rings. The number of hydrogen-bond donors (Lipinski definition) is 3. The maximum absolute atomic E-state index is 12.8. The van der Waals surface area contributed by atoms with E-state index in [-0.39, 0.29) is 10.6 Å². The highest BCUT2D eigenvalue weighted by Crippen LogP contribution is 2.45. The largest absolute Gasteiger partial charge is 0.417 e. The van der Waals surface area contributed by atoms with Gasteiger partial charge in [0.2, 0.25) is 10.0 Å². The number of alkyl halides is 3. The Morgan fingerprint density at radius 2 is 1.71 bits per heavy atom. The fourth-order valence-electron chi connectivity index (χ4n) is 3.16. The van der Waals surface area contributed by atoms with Crippen LogP contribution in [0.15, 0.2) is 56.7 Å². The van der Waals surface area contributed by atoms with Crippen LogP contribution in [-0.4, -0.2) is 39.8 Å². The lowest BCUT2D eigenvalue weighted by molar-refractivity contribution is -0.290. The van der Waals surface area contributed by atoms with Gasteiger partial charge >= 0.3 is 6.18 Å². The van der Waals surface area contributed by atoms with E-state index < -0.39 is 55.6 Å². The van der Waals surface area contributed by atoms with Gasteiger partial charge in [-0.2, -0.15) is 13.2 Å². The molecule has 3 N–H and O–H groups in total. The fraction of sp³-hybridized carbons (Fsp3) is 0.333. The van der Waals surface area contributed by atoms with E-state index in [9.17, 15) is 35.1 Å². The van der Waals surface area contributed by atoms with Crippen LogP contribution in [-0.2, 0) is 20.0 Å². The molecule has 1 aliphatic carbocycles. The maximum Gasteiger partial charge on any atom is 0.417 e. The van der Waals surface area contributed by atoms with Gasteiger partial charge in [0.05, 0.1) is 10.6 Å². The molecule has 0 saturated heterocycles. The van der Waals surface area contributed by atoms with Crippen LogP contribution in [0, 0.1) is 6.92 Å². The Morgan fingerprint density at radius 1 is 1.06 bits per heavy atom. The number of aryl methyl sites for hydroxylation is 1. The molecule has 0 bridgehead atoms. The van der Waals surface area contributed by atoms with Gasteiger partial charge in [-0.3, -0.25) is 4.72 Å². The van der Waals surface area contributed by atoms with Crippen molar-refractivity contribution in [3.63, 3.8) is 0 Å². The smallest absolute Gasteiger partial charge is 0.380 e. The molecule has 2 aromatic rings. The molecule has 31 heavy (non-hydrogen) atoms. The Morgan fingerprint density at radius 3 is 2.29 bits per heavy atom. The number of rotatable bonds is 6. The van der Waals surface area contributed by atoms with E-state index in [1.807, 2.05) is 0 Å². The van der Waals surface area contributed by atoms with Crippen LogP contribution in [0.3, 0.4) is 0 Å². The monoisotopic (exact) mass is 542 g/mol. The molecule has 0 aliphatic heterocycles. The van der Waals surface area contributed by atoms with Gasteiger partial charge in [0.15, 0.2) is 5.60 Å². The summed E-state index contributed by atoms with van der Waals surface area (Å²) in [6.07, 6.45) is -6.55. The second kappa shape index (κ2) is 8.03. The summed E-state index contributed by atoms with van der Waals surface area (Å²) < 4.78 is 94.1. The predicted molar refractivity (Wildman–Crippen MR) is 110 cm³/mol. The molecule has 0 radical (unpaired) electrons. The quantitative estimate of drug-likeness (QED) is 0.518. The molecule has 0 unspecified atom stereocenters. The van der Waals surface area contributed by atoms with Gasteiger partial charge in [0.1, 0.15) is 4.90 Å². The standard InChI is InChI=1S/C18H18BrF3N2O5S2/c1-11-3-2-4-14(7-11)30(26,27)24-15-8-12(19)5-6-16(15)31(28,29)23-13-9-17(25,10-13)18(20,21)22/h2-8,13,23-25H,9-10H2,1H3. The van der Waals surface area contributed by atoms with Crippen molar-refractivity contribution in [3.8, 4) is 0 Å². The molecule has 0 heterocycles. The summed E-state index contributed by atoms with van der Waals surface area (Å²) >= 11 is 3.14. The lowest BCUT2D eigenvalue weighted by atomic mass is 9.76. The Bertz CT molecular complexity index is 1210. The van der Waals surface area contributed by atoms with Gasteiger partial charge in [-0.25, -0.2) is 21.6 Å². The van der Waals surface area contributed by atoms with Gasteiger partial charge in [0, 0.05) is 23.4 Å². The van der Waals surface area contributed by atoms with Crippen LogP contribution in [0.2, 0.25) is 0 Å². The molecule has 1 aliphatic rings. The summed E-state index contributed by atoms with van der Waals surface area (Å²) in [5.41, 5.74) is -2.56. The zero-order chi connectivity index (χ0) is 23.2. The lowest BCUT2D eigenvalue weighted by Gasteiger charge is -2.44. The van der Waals surface area contributed by atoms with Crippen LogP contribution >= 0.6 is 15.9 Å². The lowest BCUT2D eigenvalue weighted by Crippen LogP contribution is -2.62. The number of anilines is 1. The number of benzene rings is 2. The Hall–Kier alpha value is -1.67. The first-order chi connectivity index (χ1) is 14.1. The number of halogens is 4. The molecule has 2 aromatic carbocycles. The molecule has 0 amide bonds. The van der Waals surface area contributed by atoms with Crippen molar-refractivity contribution in [3.05, 3.63) is 52.5 Å². The summed E-state index contributed by atoms with van der Waals surface area (Å²) in [4.78, 5) is -0.549. The average molecular weight is 543 g/mol. The third kappa shape index (κ3) is 5.06. The molecule has 0 aromatic heterocycles. The second-order valence-electron chi connectivity index (χ2n) is 7.32. The molecule has 3 rings (SSSR count). The number of sulfonamides is 2. The van der Waals surface area contributed by atoms with Crippen molar-refractivity contribution < 1.29 is 35.1 Å². The van der Waals surface area contributed by atoms with E-state index in [0.717, 1.165) is 6.07 Å². The van der Waals surface area contributed by atoms with Crippen molar-refractivity contribution in [2.45, 2.75) is 47.4 Å². The fourth-order valence-corrected chi connectivity index (χ4v) is 6.14. The van der Waals surface area contributed by atoms with Crippen molar-refractivity contribution in [2.24, 2.45) is 0 Å². The summed E-state index contributed by atoms with van der Waals surface area (Å²) in [5.74, 6) is 0. The van der Waals surface area contributed by atoms with Crippen molar-refractivity contribution in [1.29, 1.82) is 0 Å². The van der Waals surface area contributed by atoms with Crippen LogP contribution in [0.5, 0.6) is 0 Å². The van der Waals surface area contributed by atoms with Crippen LogP contribution in [0.1, 0.15) is 18.4 Å². The van der Waals surface area contributed by atoms with E-state index in [2.05, 4.69) is 25.4 Å². The van der Waals surface area contributed by atoms with Crippen molar-refractivity contribution >= 4 is 41.7 Å². The molecule has 7 nitrogen and oxygen atoms in total. The third-order valence-corrected chi connectivity index (χ3v) is 8.23. The highest BCUT2D eigenvalue weighted by atomic mass is 79.9. The molecular formula is C18H18BrF3N2O5S2. The van der Waals surface area contributed by atoms with E-state index in [1.165, 1.54) is 30.3 Å². The van der Waals surface area contributed by atoms with Crippen LogP contribution < -0.4 is 9.44 Å². The minimum absolute atomic E-state index is 0.0852. The Kier molecular flexibility index (Phi) is 6.21. The first kappa shape index (κ1) is 24.0. The number of aliphatic hydroxyl groups is 1. The van der Waals surface area contributed by atoms with E-state index >= 15 is 0 Å². The molecule has 170 valence electrons. The molecule has 0 spiro atoms. The van der Waals surface area contributed by atoms with E-state index in [1.54, 1.807) is 13.0 Å². The maximum atomic E-state index is 12.8. The minimum atomic E-state index is -4.87. The molecule has 13 heteroatoms. The highest BCUT2D eigenvalue weighted by Gasteiger charge is 2.61. The van der Waals surface area contributed by atoms with E-state index in [4.69, 9.17) is 0 Å². The summed E-state index contributed by atoms with van der Waals surface area (Å²) in [6.45, 7) is 1.69. The van der Waals surface area contributed by atoms with Gasteiger partial charge in [-0.15, -0.1) is 0 Å². The Balaban J connectivity index is 1.88. The van der Waals surface area contributed by atoms with Crippen LogP contribution in [0.4, 0.5) is 18.9 Å². The number of nitrogens with one attached hydrogen (secondary N) is 2. The van der Waals surface area contributed by atoms with Crippen molar-refractivity contribution in [2.75, 3.05) is 4.72 Å². The second-order valence-corrected chi connectivity index (χ2v) is 11.6. The summed E-state index contributed by atoms with van der Waals surface area (Å²) in [5, 5.41) is 9.52. The number of hydrogen-bond acceptors (Lipinski definition) is 5. The first-order valence-corrected chi connectivity index (χ1v) is 12.6. The average Bonchev–Trinajstić information content (AvgIpc) is 2.58. The van der Waals surface area contributed by atoms with Crippen molar-refractivity contribution in [1.82, 2.24) is 4.72 Å². The van der Waals surface area contributed by atoms with Gasteiger partial charge < -0.3 is 5.11 Å².